The molecule has 5 nitrogen and oxygen atoms in total. The van der Waals surface area contributed by atoms with E-state index >= 15 is 0 Å². The van der Waals surface area contributed by atoms with Crippen LogP contribution in [-0.4, -0.2) is 22.8 Å². The topological polar surface area (TPSA) is 68.2 Å². The summed E-state index contributed by atoms with van der Waals surface area (Å²) in [4.78, 5) is 2.21. The summed E-state index contributed by atoms with van der Waals surface area (Å²) in [6.07, 6.45) is 6.42. The average molecular weight is 224 g/mol. The number of rotatable bonds is 4. The zero-order chi connectivity index (χ0) is 11.4. The Bertz CT molecular complexity index is 320. The van der Waals surface area contributed by atoms with E-state index < -0.39 is 0 Å². The molecule has 90 valence electrons. The van der Waals surface area contributed by atoms with E-state index in [1.807, 2.05) is 0 Å². The van der Waals surface area contributed by atoms with Gasteiger partial charge in [-0.25, -0.2) is 0 Å². The third kappa shape index (κ3) is 2.35. The zero-order valence-electron chi connectivity index (χ0n) is 9.85. The van der Waals surface area contributed by atoms with Crippen LogP contribution in [-0.2, 0) is 6.54 Å². The van der Waals surface area contributed by atoms with Crippen molar-refractivity contribution < 1.29 is 4.42 Å². The fourth-order valence-electron chi connectivity index (χ4n) is 2.39. The van der Waals surface area contributed by atoms with Gasteiger partial charge in [-0.2, -0.15) is 0 Å². The summed E-state index contributed by atoms with van der Waals surface area (Å²) in [6.45, 7) is 3.35. The van der Waals surface area contributed by atoms with Crippen molar-refractivity contribution in [3.8, 4) is 0 Å². The van der Waals surface area contributed by atoms with Crippen molar-refractivity contribution >= 4 is 6.01 Å². The van der Waals surface area contributed by atoms with Crippen LogP contribution in [0.1, 0.15) is 44.9 Å². The molecule has 1 aliphatic carbocycles. The molecular formula is C11H20N4O. The summed E-state index contributed by atoms with van der Waals surface area (Å²) >= 11 is 0. The molecule has 1 heterocycles. The second kappa shape index (κ2) is 5.30. The molecule has 1 fully saturated rings. The van der Waals surface area contributed by atoms with Gasteiger partial charge in [0.05, 0.1) is 6.54 Å². The van der Waals surface area contributed by atoms with Crippen LogP contribution in [0.15, 0.2) is 4.42 Å². The van der Waals surface area contributed by atoms with E-state index in [1.54, 1.807) is 0 Å². The van der Waals surface area contributed by atoms with E-state index in [0.717, 1.165) is 6.54 Å². The molecule has 2 N–H and O–H groups in total. The SMILES string of the molecule is CCN(c1nnc(CN)o1)C1CCCCC1. The first kappa shape index (κ1) is 11.4. The van der Waals surface area contributed by atoms with Crippen LogP contribution in [0.25, 0.3) is 0 Å². The second-order valence-electron chi connectivity index (χ2n) is 4.26. The zero-order valence-corrected chi connectivity index (χ0v) is 9.85. The maximum Gasteiger partial charge on any atom is 0.318 e. The van der Waals surface area contributed by atoms with Crippen LogP contribution < -0.4 is 10.6 Å². The Hall–Kier alpha value is -1.10. The Balaban J connectivity index is 2.08. The van der Waals surface area contributed by atoms with E-state index in [0.29, 0.717) is 24.5 Å². The average Bonchev–Trinajstić information content (AvgIpc) is 2.80. The summed E-state index contributed by atoms with van der Waals surface area (Å²) in [7, 11) is 0. The molecule has 0 amide bonds. The monoisotopic (exact) mass is 224 g/mol. The number of nitrogens with two attached hydrogens (primary N) is 1. The molecular weight excluding hydrogens is 204 g/mol. The van der Waals surface area contributed by atoms with Crippen LogP contribution in [0.3, 0.4) is 0 Å². The Morgan fingerprint density at radius 3 is 2.62 bits per heavy atom. The van der Waals surface area contributed by atoms with Crippen molar-refractivity contribution in [3.05, 3.63) is 5.89 Å². The summed E-state index contributed by atoms with van der Waals surface area (Å²) in [5.74, 6) is 0.518. The molecule has 0 spiro atoms. The fraction of sp³-hybridized carbons (Fsp3) is 0.818. The summed E-state index contributed by atoms with van der Waals surface area (Å²) in [5.41, 5.74) is 5.47. The molecule has 0 saturated heterocycles. The molecule has 1 aromatic heterocycles. The van der Waals surface area contributed by atoms with Crippen molar-refractivity contribution in [1.29, 1.82) is 0 Å². The molecule has 0 radical (unpaired) electrons. The van der Waals surface area contributed by atoms with Crippen molar-refractivity contribution in [1.82, 2.24) is 10.2 Å². The van der Waals surface area contributed by atoms with Gasteiger partial charge in [-0.1, -0.05) is 24.4 Å². The van der Waals surface area contributed by atoms with Crippen LogP contribution in [0, 0.1) is 0 Å². The molecule has 2 rings (SSSR count). The lowest BCUT2D eigenvalue weighted by Crippen LogP contribution is -2.36. The lowest BCUT2D eigenvalue weighted by Gasteiger charge is -2.31. The predicted octanol–water partition coefficient (Wildman–Crippen LogP) is 1.69. The van der Waals surface area contributed by atoms with Gasteiger partial charge in [0.25, 0.3) is 0 Å². The molecule has 0 aliphatic heterocycles. The van der Waals surface area contributed by atoms with Gasteiger partial charge in [0, 0.05) is 12.6 Å². The van der Waals surface area contributed by atoms with Gasteiger partial charge in [0.2, 0.25) is 5.89 Å². The first-order chi connectivity index (χ1) is 7.85. The minimum absolute atomic E-state index is 0.315. The van der Waals surface area contributed by atoms with Crippen LogP contribution in [0.5, 0.6) is 0 Å². The van der Waals surface area contributed by atoms with Crippen molar-refractivity contribution in [2.45, 2.75) is 51.6 Å². The van der Waals surface area contributed by atoms with Gasteiger partial charge in [0.1, 0.15) is 0 Å². The fourth-order valence-corrected chi connectivity index (χ4v) is 2.39. The van der Waals surface area contributed by atoms with Gasteiger partial charge < -0.3 is 15.1 Å². The quantitative estimate of drug-likeness (QED) is 0.842. The largest absolute Gasteiger partial charge is 0.407 e. The molecule has 0 aromatic carbocycles. The number of hydrogen-bond acceptors (Lipinski definition) is 5. The van der Waals surface area contributed by atoms with Crippen molar-refractivity contribution in [2.24, 2.45) is 5.73 Å². The third-order valence-corrected chi connectivity index (χ3v) is 3.23. The molecule has 1 aromatic rings. The highest BCUT2D eigenvalue weighted by Gasteiger charge is 2.23. The van der Waals surface area contributed by atoms with Crippen LogP contribution in [0.2, 0.25) is 0 Å². The standard InChI is InChI=1S/C11H20N4O/c1-2-15(9-6-4-3-5-7-9)11-14-13-10(8-12)16-11/h9H,2-8,12H2,1H3. The van der Waals surface area contributed by atoms with Gasteiger partial charge in [0.15, 0.2) is 0 Å². The van der Waals surface area contributed by atoms with Gasteiger partial charge in [-0.15, -0.1) is 5.10 Å². The summed E-state index contributed by atoms with van der Waals surface area (Å²) < 4.78 is 5.52. The Labute approximate surface area is 96.0 Å². The number of nitrogens with zero attached hydrogens (tertiary/aromatic N) is 3. The number of hydrogen-bond donors (Lipinski definition) is 1. The van der Waals surface area contributed by atoms with E-state index in [9.17, 15) is 0 Å². The van der Waals surface area contributed by atoms with Gasteiger partial charge in [-0.3, -0.25) is 0 Å². The van der Waals surface area contributed by atoms with E-state index in [2.05, 4.69) is 22.0 Å². The van der Waals surface area contributed by atoms with E-state index in [1.165, 1.54) is 32.1 Å². The van der Waals surface area contributed by atoms with Crippen molar-refractivity contribution in [2.75, 3.05) is 11.4 Å². The highest BCUT2D eigenvalue weighted by molar-refractivity contribution is 5.26. The molecule has 16 heavy (non-hydrogen) atoms. The number of aromatic nitrogens is 2. The molecule has 1 saturated carbocycles. The molecule has 5 heteroatoms. The summed E-state index contributed by atoms with van der Waals surface area (Å²) in [6, 6.07) is 1.19. The van der Waals surface area contributed by atoms with E-state index in [4.69, 9.17) is 10.2 Å². The minimum Gasteiger partial charge on any atom is -0.407 e. The number of anilines is 1. The molecule has 1 aliphatic rings. The normalized spacial score (nSPS) is 17.6. The highest BCUT2D eigenvalue weighted by Crippen LogP contribution is 2.26. The van der Waals surface area contributed by atoms with Gasteiger partial charge >= 0.3 is 6.01 Å². The second-order valence-corrected chi connectivity index (χ2v) is 4.26. The summed E-state index contributed by atoms with van der Waals surface area (Å²) in [5, 5.41) is 7.98. The van der Waals surface area contributed by atoms with Crippen LogP contribution >= 0.6 is 0 Å². The lowest BCUT2D eigenvalue weighted by molar-refractivity contribution is 0.389. The van der Waals surface area contributed by atoms with Crippen LogP contribution in [0.4, 0.5) is 6.01 Å². The minimum atomic E-state index is 0.315. The first-order valence-corrected chi connectivity index (χ1v) is 6.14. The Morgan fingerprint density at radius 2 is 2.06 bits per heavy atom. The third-order valence-electron chi connectivity index (χ3n) is 3.23. The molecule has 0 atom stereocenters. The first-order valence-electron chi connectivity index (χ1n) is 6.14. The molecule has 0 bridgehead atoms. The Morgan fingerprint density at radius 1 is 1.31 bits per heavy atom. The van der Waals surface area contributed by atoms with Crippen molar-refractivity contribution in [3.63, 3.8) is 0 Å². The smallest absolute Gasteiger partial charge is 0.318 e. The molecule has 0 unspecified atom stereocenters. The highest BCUT2D eigenvalue weighted by atomic mass is 16.4. The maximum absolute atomic E-state index is 5.52. The maximum atomic E-state index is 5.52. The predicted molar refractivity (Wildman–Crippen MR) is 62.1 cm³/mol. The van der Waals surface area contributed by atoms with E-state index in [-0.39, 0.29) is 0 Å². The lowest BCUT2D eigenvalue weighted by atomic mass is 9.94. The van der Waals surface area contributed by atoms with Gasteiger partial charge in [-0.05, 0) is 19.8 Å². The Kier molecular flexibility index (Phi) is 3.77.